The Balaban J connectivity index is -0.00000218. The number of nitrogens with zero attached hydrogens (tertiary/aromatic N) is 1. The molecule has 4 amide bonds. The summed E-state index contributed by atoms with van der Waals surface area (Å²) in [5.41, 5.74) is 1.86. The van der Waals surface area contributed by atoms with Crippen LogP contribution in [-0.4, -0.2) is 53.0 Å². The zero-order valence-electron chi connectivity index (χ0n) is 25.1. The molecule has 0 spiro atoms. The molecule has 2 atom stereocenters. The van der Waals surface area contributed by atoms with Crippen LogP contribution in [0.4, 0.5) is 0 Å². The predicted octanol–water partition coefficient (Wildman–Crippen LogP) is 4.14. The molecule has 0 saturated carbocycles. The van der Waals surface area contributed by atoms with Crippen LogP contribution in [0.5, 0.6) is 0 Å². The molecular weight excluding hydrogens is 534 g/mol. The van der Waals surface area contributed by atoms with Crippen molar-refractivity contribution in [3.05, 3.63) is 78.0 Å². The minimum Gasteiger partial charge on any atom is -0.345 e. The lowest BCUT2D eigenvalue weighted by atomic mass is 9.98. The number of aromatic nitrogens is 1. The van der Waals surface area contributed by atoms with Gasteiger partial charge in [-0.15, -0.1) is 0 Å². The smallest absolute Gasteiger partial charge is 0.289 e. The number of benzene rings is 2. The lowest BCUT2D eigenvalue weighted by molar-refractivity contribution is -0.141. The first-order valence-electron chi connectivity index (χ1n) is 14.0. The van der Waals surface area contributed by atoms with Crippen LogP contribution >= 0.6 is 0 Å². The van der Waals surface area contributed by atoms with E-state index in [2.05, 4.69) is 47.0 Å². The summed E-state index contributed by atoms with van der Waals surface area (Å²) in [6.45, 7) is 11.2. The summed E-state index contributed by atoms with van der Waals surface area (Å²) in [7, 11) is 0. The van der Waals surface area contributed by atoms with E-state index in [4.69, 9.17) is 0 Å². The predicted molar refractivity (Wildman–Crippen MR) is 171 cm³/mol. The maximum Gasteiger partial charge on any atom is 0.289 e. The van der Waals surface area contributed by atoms with Crippen molar-refractivity contribution in [2.75, 3.05) is 6.54 Å². The number of ketones is 1. The highest BCUT2D eigenvalue weighted by Crippen LogP contribution is 2.15. The van der Waals surface area contributed by atoms with Gasteiger partial charge in [0.05, 0.1) is 23.7 Å². The Morgan fingerprint density at radius 2 is 1.40 bits per heavy atom. The molecule has 0 aliphatic rings. The minimum absolute atomic E-state index is 0. The second-order valence-electron chi connectivity index (χ2n) is 10.8. The van der Waals surface area contributed by atoms with Gasteiger partial charge in [0.25, 0.3) is 11.8 Å². The quantitative estimate of drug-likeness (QED) is 0.250. The Morgan fingerprint density at radius 3 is 2.05 bits per heavy atom. The van der Waals surface area contributed by atoms with E-state index in [9.17, 15) is 24.0 Å². The van der Waals surface area contributed by atoms with Crippen LogP contribution in [0, 0.1) is 11.8 Å². The Hall–Kier alpha value is -4.60. The molecule has 0 radical (unpaired) electrons. The van der Waals surface area contributed by atoms with E-state index in [-0.39, 0.29) is 24.7 Å². The van der Waals surface area contributed by atoms with Crippen molar-refractivity contribution in [1.82, 2.24) is 26.3 Å². The molecule has 3 aromatic rings. The van der Waals surface area contributed by atoms with Gasteiger partial charge in [0.2, 0.25) is 17.6 Å². The fourth-order valence-corrected chi connectivity index (χ4v) is 3.73. The number of pyridine rings is 1. The number of fused-ring (bicyclic) bond motifs is 1. The van der Waals surface area contributed by atoms with Gasteiger partial charge >= 0.3 is 0 Å². The number of hydrogen-bond acceptors (Lipinski definition) is 6. The number of nitrogens with one attached hydrogen (secondary N) is 4. The molecule has 2 aromatic carbocycles. The van der Waals surface area contributed by atoms with Gasteiger partial charge in [0.1, 0.15) is 6.04 Å². The lowest BCUT2D eigenvalue weighted by Crippen LogP contribution is -2.55. The van der Waals surface area contributed by atoms with Crippen LogP contribution < -0.4 is 21.3 Å². The maximum atomic E-state index is 12.7. The summed E-state index contributed by atoms with van der Waals surface area (Å²) in [4.78, 5) is 67.1. The molecule has 0 fully saturated rings. The van der Waals surface area contributed by atoms with Crippen LogP contribution in [0.25, 0.3) is 10.9 Å². The molecule has 42 heavy (non-hydrogen) atoms. The van der Waals surface area contributed by atoms with Crippen molar-refractivity contribution in [2.45, 2.75) is 60.2 Å². The average molecular weight is 584 g/mol. The molecule has 0 bridgehead atoms. The van der Waals surface area contributed by atoms with E-state index in [0.29, 0.717) is 16.5 Å². The van der Waals surface area contributed by atoms with E-state index >= 15 is 0 Å². The summed E-state index contributed by atoms with van der Waals surface area (Å²) < 4.78 is 0. The van der Waals surface area contributed by atoms with E-state index in [0.717, 1.165) is 11.5 Å². The first-order valence-corrected chi connectivity index (χ1v) is 14.0. The normalized spacial score (nSPS) is 12.0. The van der Waals surface area contributed by atoms with Crippen molar-refractivity contribution in [3.8, 4) is 0 Å². The van der Waals surface area contributed by atoms with Gasteiger partial charge in [0, 0.05) is 23.8 Å². The molecule has 1 aromatic heterocycles. The van der Waals surface area contributed by atoms with Crippen LogP contribution in [0.15, 0.2) is 66.9 Å². The van der Waals surface area contributed by atoms with Gasteiger partial charge in [-0.1, -0.05) is 83.1 Å². The van der Waals surface area contributed by atoms with Gasteiger partial charge in [-0.05, 0) is 36.5 Å². The van der Waals surface area contributed by atoms with Crippen LogP contribution in [0.1, 0.15) is 63.2 Å². The molecule has 1 heterocycles. The number of Topliss-reactive ketones (excluding diaryl/α,β-unsaturated/α-hetero) is 1. The van der Waals surface area contributed by atoms with Gasteiger partial charge < -0.3 is 21.3 Å². The second kappa shape index (κ2) is 16.6. The molecule has 4 N–H and O–H groups in total. The number of carbonyl (C=O) groups excluding carboxylic acids is 5. The van der Waals surface area contributed by atoms with Crippen molar-refractivity contribution in [2.24, 2.45) is 11.8 Å². The zero-order valence-corrected chi connectivity index (χ0v) is 25.1. The largest absolute Gasteiger partial charge is 0.345 e. The molecule has 0 unspecified atom stereocenters. The number of hydrogen-bond donors (Lipinski definition) is 4. The standard InChI is InChI=1S/C28H31N5O5.C4H10.4H2/c1-17(2)24(25(35)28(38)30-15-19-9-5-4-6-10-19)33-26(36)18(3)32-23(34)16-31-27(37)21-13-14-29-22-12-8-7-11-20(21)22;1-4(2)3;;;;/h4-14,17-18,24H,15-16H2,1-3H3,(H,30,38)(H,31,37)(H,32,34)(H,33,36);4H,1-3H3;4*1H/t18-,24-;;;;;/m0...../s1. The molecular formula is C32H49N5O5. The average Bonchev–Trinajstić information content (AvgIpc) is 2.96. The number of rotatable bonds is 11. The van der Waals surface area contributed by atoms with Gasteiger partial charge in [-0.3, -0.25) is 29.0 Å². The second-order valence-corrected chi connectivity index (χ2v) is 10.8. The maximum absolute atomic E-state index is 12.7. The Bertz CT molecular complexity index is 1390. The number of para-hydroxylation sites is 1. The van der Waals surface area contributed by atoms with E-state index in [1.54, 1.807) is 38.1 Å². The van der Waals surface area contributed by atoms with Crippen molar-refractivity contribution >= 4 is 40.3 Å². The first kappa shape index (κ1) is 33.6. The summed E-state index contributed by atoms with van der Waals surface area (Å²) in [6.07, 6.45) is 1.51. The fraction of sp³-hybridized carbons (Fsp3) is 0.375. The van der Waals surface area contributed by atoms with Crippen LogP contribution in [0.2, 0.25) is 0 Å². The Labute approximate surface area is 253 Å². The highest BCUT2D eigenvalue weighted by atomic mass is 16.2. The molecule has 0 aliphatic carbocycles. The Kier molecular flexibility index (Phi) is 13.3. The fourth-order valence-electron chi connectivity index (χ4n) is 3.73. The number of carbonyl (C=O) groups is 5. The van der Waals surface area contributed by atoms with E-state index in [1.807, 2.05) is 36.4 Å². The molecule has 0 aliphatic heterocycles. The highest BCUT2D eigenvalue weighted by Gasteiger charge is 2.31. The third-order valence-electron chi connectivity index (χ3n) is 5.84. The highest BCUT2D eigenvalue weighted by molar-refractivity contribution is 6.38. The van der Waals surface area contributed by atoms with Crippen molar-refractivity contribution in [3.63, 3.8) is 0 Å². The van der Waals surface area contributed by atoms with Crippen LogP contribution in [0.3, 0.4) is 0 Å². The molecule has 3 rings (SSSR count). The SMILES string of the molecule is CC(C)C.CC(C)[C@H](NC(=O)[C@H](C)NC(=O)CNC(=O)c1ccnc2ccccc12)C(=O)C(=O)NCc1ccccc1.[HH].[HH].[HH].[HH]. The Morgan fingerprint density at radius 1 is 0.786 bits per heavy atom. The monoisotopic (exact) mass is 583 g/mol. The summed E-state index contributed by atoms with van der Waals surface area (Å²) in [5, 5.41) is 10.8. The van der Waals surface area contributed by atoms with Gasteiger partial charge in [-0.2, -0.15) is 0 Å². The third kappa shape index (κ3) is 10.8. The van der Waals surface area contributed by atoms with E-state index < -0.39 is 41.5 Å². The van der Waals surface area contributed by atoms with Gasteiger partial charge in [0.15, 0.2) is 0 Å². The molecule has 10 nitrogen and oxygen atoms in total. The molecule has 232 valence electrons. The third-order valence-corrected chi connectivity index (χ3v) is 5.84. The molecule has 0 saturated heterocycles. The lowest BCUT2D eigenvalue weighted by Gasteiger charge is -2.23. The number of amides is 4. The zero-order chi connectivity index (χ0) is 31.2. The van der Waals surface area contributed by atoms with Crippen molar-refractivity contribution in [1.29, 1.82) is 0 Å². The molecule has 10 heteroatoms. The van der Waals surface area contributed by atoms with Crippen molar-refractivity contribution < 1.29 is 29.7 Å². The summed E-state index contributed by atoms with van der Waals surface area (Å²) in [5.74, 6) is -2.80. The van der Waals surface area contributed by atoms with Crippen LogP contribution in [-0.2, 0) is 25.7 Å². The minimum atomic E-state index is -1.07. The van der Waals surface area contributed by atoms with Gasteiger partial charge in [-0.25, -0.2) is 0 Å². The topological polar surface area (TPSA) is 146 Å². The van der Waals surface area contributed by atoms with E-state index in [1.165, 1.54) is 13.1 Å². The first-order chi connectivity index (χ1) is 19.9. The summed E-state index contributed by atoms with van der Waals surface area (Å²) in [6, 6.07) is 15.7. The summed E-state index contributed by atoms with van der Waals surface area (Å²) >= 11 is 0.